The molecule has 43 heavy (non-hydrogen) atoms. The van der Waals surface area contributed by atoms with Gasteiger partial charge in [-0.25, -0.2) is 22.7 Å². The minimum Gasteiger partial charge on any atom is -0.485 e. The molecule has 234 valence electrons. The Kier molecular flexibility index (Phi) is 8.83. The van der Waals surface area contributed by atoms with E-state index in [0.717, 1.165) is 19.1 Å². The van der Waals surface area contributed by atoms with Crippen LogP contribution in [-0.4, -0.2) is 56.9 Å². The van der Waals surface area contributed by atoms with Gasteiger partial charge in [-0.05, 0) is 49.1 Å². The zero-order valence-electron chi connectivity index (χ0n) is 22.9. The molecule has 1 unspecified atom stereocenters. The third kappa shape index (κ3) is 7.76. The standard InChI is InChI=1S/C27H30F6N6O4/c28-9-10-42-19-14-43-38-24(19)25(41)37-23(16-3-6-26(29,30)7-4-16)18-13-39-20(35-18)11-17(12-34-39)22(15-1-2-15)36-21(40)5-8-27(31,32)33/h11-16,22-23H,1-10H2,(H,36,40)(H,37,41)/t22?,23-/m0/s1. The van der Waals surface area contributed by atoms with Gasteiger partial charge in [0.1, 0.15) is 13.3 Å². The highest BCUT2D eigenvalue weighted by molar-refractivity contribution is 5.95. The lowest BCUT2D eigenvalue weighted by Crippen LogP contribution is -2.37. The summed E-state index contributed by atoms with van der Waals surface area (Å²) in [5.74, 6) is -4.72. The number of amides is 2. The molecule has 2 aliphatic carbocycles. The van der Waals surface area contributed by atoms with Crippen LogP contribution in [0.25, 0.3) is 5.65 Å². The van der Waals surface area contributed by atoms with Crippen molar-refractivity contribution < 1.29 is 45.2 Å². The molecule has 2 saturated carbocycles. The van der Waals surface area contributed by atoms with Gasteiger partial charge >= 0.3 is 6.18 Å². The van der Waals surface area contributed by atoms with E-state index in [9.17, 15) is 35.9 Å². The SMILES string of the molecule is O=C(CCC(F)(F)F)NC(c1cnn2cc([C@@H](NC(=O)c3nocc3OCCF)C3CCC(F)(F)CC3)nc2c1)C1CC1. The van der Waals surface area contributed by atoms with Crippen LogP contribution >= 0.6 is 0 Å². The topological polar surface area (TPSA) is 124 Å². The van der Waals surface area contributed by atoms with Crippen molar-refractivity contribution in [2.75, 3.05) is 13.3 Å². The van der Waals surface area contributed by atoms with Crippen molar-refractivity contribution in [3.05, 3.63) is 41.7 Å². The number of fused-ring (bicyclic) bond motifs is 1. The predicted octanol–water partition coefficient (Wildman–Crippen LogP) is 5.27. The molecule has 0 aliphatic heterocycles. The van der Waals surface area contributed by atoms with E-state index < -0.39 is 61.4 Å². The van der Waals surface area contributed by atoms with Crippen LogP contribution in [0.5, 0.6) is 5.75 Å². The van der Waals surface area contributed by atoms with Crippen molar-refractivity contribution in [2.24, 2.45) is 11.8 Å². The third-order valence-electron chi connectivity index (χ3n) is 7.69. The third-order valence-corrected chi connectivity index (χ3v) is 7.69. The molecule has 2 atom stereocenters. The van der Waals surface area contributed by atoms with Gasteiger partial charge in [0.15, 0.2) is 17.7 Å². The fourth-order valence-corrected chi connectivity index (χ4v) is 5.30. The average molecular weight is 617 g/mol. The van der Waals surface area contributed by atoms with E-state index in [-0.39, 0.29) is 49.7 Å². The Bertz CT molecular complexity index is 1430. The Morgan fingerprint density at radius 1 is 1.12 bits per heavy atom. The Morgan fingerprint density at radius 3 is 2.51 bits per heavy atom. The van der Waals surface area contributed by atoms with Crippen LogP contribution in [0.15, 0.2) is 29.2 Å². The summed E-state index contributed by atoms with van der Waals surface area (Å²) in [5, 5.41) is 13.5. The molecule has 2 amide bonds. The summed E-state index contributed by atoms with van der Waals surface area (Å²) in [6, 6.07) is 0.267. The Balaban J connectivity index is 1.39. The Labute approximate surface area is 241 Å². The number of imidazole rings is 1. The van der Waals surface area contributed by atoms with Gasteiger partial charge in [-0.1, -0.05) is 5.16 Å². The second-order valence-electron chi connectivity index (χ2n) is 11.0. The lowest BCUT2D eigenvalue weighted by atomic mass is 9.81. The normalized spacial score (nSPS) is 18.7. The summed E-state index contributed by atoms with van der Waals surface area (Å²) in [5.41, 5.74) is 0.983. The summed E-state index contributed by atoms with van der Waals surface area (Å²) in [7, 11) is 0. The van der Waals surface area contributed by atoms with Gasteiger partial charge in [-0.3, -0.25) is 9.59 Å². The van der Waals surface area contributed by atoms with Gasteiger partial charge in [-0.2, -0.15) is 18.3 Å². The number of alkyl halides is 6. The van der Waals surface area contributed by atoms with Gasteiger partial charge in [0.05, 0.1) is 36.6 Å². The van der Waals surface area contributed by atoms with E-state index in [0.29, 0.717) is 16.9 Å². The highest BCUT2D eigenvalue weighted by Gasteiger charge is 2.40. The van der Waals surface area contributed by atoms with Gasteiger partial charge in [0, 0.05) is 19.3 Å². The van der Waals surface area contributed by atoms with E-state index in [4.69, 9.17) is 9.26 Å². The van der Waals surface area contributed by atoms with Crippen molar-refractivity contribution in [1.29, 1.82) is 0 Å². The number of nitrogens with zero attached hydrogens (tertiary/aromatic N) is 4. The number of carbonyl (C=O) groups is 2. The van der Waals surface area contributed by atoms with E-state index in [1.54, 1.807) is 12.3 Å². The molecule has 0 aromatic carbocycles. The minimum absolute atomic E-state index is 0.0423. The molecule has 2 fully saturated rings. The molecule has 0 radical (unpaired) electrons. The molecule has 2 aliphatic rings. The molecule has 3 heterocycles. The predicted molar refractivity (Wildman–Crippen MR) is 137 cm³/mol. The van der Waals surface area contributed by atoms with Gasteiger partial charge in [-0.15, -0.1) is 0 Å². The Morgan fingerprint density at radius 2 is 1.84 bits per heavy atom. The van der Waals surface area contributed by atoms with Crippen molar-refractivity contribution in [1.82, 2.24) is 30.4 Å². The number of rotatable bonds is 12. The van der Waals surface area contributed by atoms with Crippen LogP contribution in [0.4, 0.5) is 26.3 Å². The lowest BCUT2D eigenvalue weighted by Gasteiger charge is -2.33. The quantitative estimate of drug-likeness (QED) is 0.266. The van der Waals surface area contributed by atoms with Gasteiger partial charge < -0.3 is 19.9 Å². The van der Waals surface area contributed by atoms with Crippen LogP contribution in [0.2, 0.25) is 0 Å². The zero-order valence-corrected chi connectivity index (χ0v) is 22.9. The molecule has 3 aromatic heterocycles. The highest BCUT2D eigenvalue weighted by atomic mass is 19.4. The number of halogens is 6. The van der Waals surface area contributed by atoms with Crippen LogP contribution in [0.3, 0.4) is 0 Å². The van der Waals surface area contributed by atoms with E-state index >= 15 is 0 Å². The molecule has 16 heteroatoms. The van der Waals surface area contributed by atoms with Crippen LogP contribution < -0.4 is 15.4 Å². The number of aromatic nitrogens is 4. The highest BCUT2D eigenvalue weighted by Crippen LogP contribution is 2.43. The average Bonchev–Trinajstić information content (AvgIpc) is 3.53. The first-order chi connectivity index (χ1) is 20.4. The van der Waals surface area contributed by atoms with Crippen molar-refractivity contribution in [3.8, 4) is 5.75 Å². The molecule has 0 bridgehead atoms. The Hall–Kier alpha value is -3.85. The maximum Gasteiger partial charge on any atom is 0.389 e. The molecule has 0 saturated heterocycles. The molecule has 2 N–H and O–H groups in total. The molecule has 5 rings (SSSR count). The number of nitrogens with one attached hydrogen (secondary N) is 2. The number of ether oxygens (including phenoxy) is 1. The number of hydrogen-bond acceptors (Lipinski definition) is 7. The van der Waals surface area contributed by atoms with Crippen LogP contribution in [0, 0.1) is 11.8 Å². The summed E-state index contributed by atoms with van der Waals surface area (Å²) in [6.07, 6.45) is -1.24. The molecular formula is C27H30F6N6O4. The fraction of sp³-hybridized carbons (Fsp3) is 0.593. The first kappa shape index (κ1) is 30.6. The molecular weight excluding hydrogens is 586 g/mol. The number of hydrogen-bond donors (Lipinski definition) is 2. The fourth-order valence-electron chi connectivity index (χ4n) is 5.30. The second kappa shape index (κ2) is 12.4. The van der Waals surface area contributed by atoms with E-state index in [1.807, 2.05) is 0 Å². The maximum absolute atomic E-state index is 14.0. The van der Waals surface area contributed by atoms with E-state index in [1.165, 1.54) is 10.7 Å². The zero-order chi connectivity index (χ0) is 30.8. The molecule has 0 spiro atoms. The first-order valence-electron chi connectivity index (χ1n) is 14.0. The lowest BCUT2D eigenvalue weighted by molar-refractivity contribution is -0.144. The second-order valence-corrected chi connectivity index (χ2v) is 11.0. The smallest absolute Gasteiger partial charge is 0.389 e. The van der Waals surface area contributed by atoms with E-state index in [2.05, 4.69) is 25.9 Å². The van der Waals surface area contributed by atoms with Crippen molar-refractivity contribution in [2.45, 2.75) is 75.5 Å². The summed E-state index contributed by atoms with van der Waals surface area (Å²) in [4.78, 5) is 30.1. The molecule has 10 nitrogen and oxygen atoms in total. The maximum atomic E-state index is 14.0. The number of carbonyl (C=O) groups excluding carboxylic acids is 2. The van der Waals surface area contributed by atoms with Crippen LogP contribution in [-0.2, 0) is 4.79 Å². The van der Waals surface area contributed by atoms with Crippen LogP contribution in [0.1, 0.15) is 85.2 Å². The molecule has 3 aromatic rings. The monoisotopic (exact) mass is 616 g/mol. The largest absolute Gasteiger partial charge is 0.485 e. The minimum atomic E-state index is -4.45. The van der Waals surface area contributed by atoms with Crippen molar-refractivity contribution >= 4 is 17.5 Å². The summed E-state index contributed by atoms with van der Waals surface area (Å²) in [6.45, 7) is -1.13. The van der Waals surface area contributed by atoms with Crippen molar-refractivity contribution in [3.63, 3.8) is 0 Å². The summed E-state index contributed by atoms with van der Waals surface area (Å²) >= 11 is 0. The summed E-state index contributed by atoms with van der Waals surface area (Å²) < 4.78 is 89.8. The first-order valence-corrected chi connectivity index (χ1v) is 14.0. The van der Waals surface area contributed by atoms with Gasteiger partial charge in [0.25, 0.3) is 5.91 Å². The van der Waals surface area contributed by atoms with Gasteiger partial charge in [0.2, 0.25) is 17.5 Å².